The molecule has 2 heterocycles. The number of allylic oxidation sites excluding steroid dienone is 1. The standard InChI is InChI=1S/C32H31F3N6O2S/c1-4-24-7-5-6-8-28(24)41-22(3)17-18-44-31(41)38-30(42)37-21(2)19-23-9-11-25(12-10-23)29-36-20-40(39-29)26-13-15-27(16-14-26)43-32(33,34)35/h5-16,19-20,22H,4,17-18H2,1-3H3,(H,37,42)/b21-19+,38-31-. The third kappa shape index (κ3) is 7.67. The number of nitrogens with one attached hydrogen (secondary N) is 1. The summed E-state index contributed by atoms with van der Waals surface area (Å²) in [4.78, 5) is 23.9. The monoisotopic (exact) mass is 620 g/mol. The van der Waals surface area contributed by atoms with Crippen molar-refractivity contribution in [1.82, 2.24) is 20.1 Å². The van der Waals surface area contributed by atoms with Gasteiger partial charge >= 0.3 is 12.4 Å². The van der Waals surface area contributed by atoms with Crippen molar-refractivity contribution >= 4 is 34.7 Å². The molecule has 2 amide bonds. The first-order valence-corrected chi connectivity index (χ1v) is 15.0. The van der Waals surface area contributed by atoms with Crippen molar-refractivity contribution in [3.63, 3.8) is 0 Å². The van der Waals surface area contributed by atoms with Crippen LogP contribution in [0.25, 0.3) is 23.2 Å². The molecule has 44 heavy (non-hydrogen) atoms. The van der Waals surface area contributed by atoms with Gasteiger partial charge in [-0.1, -0.05) is 61.2 Å². The Labute approximate surface area is 257 Å². The van der Waals surface area contributed by atoms with Gasteiger partial charge in [0.05, 0.1) is 5.69 Å². The highest BCUT2D eigenvalue weighted by molar-refractivity contribution is 8.14. The molecule has 1 atom stereocenters. The van der Waals surface area contributed by atoms with Crippen LogP contribution in [0.1, 0.15) is 38.3 Å². The second kappa shape index (κ2) is 13.4. The van der Waals surface area contributed by atoms with E-state index in [-0.39, 0.29) is 11.8 Å². The van der Waals surface area contributed by atoms with E-state index >= 15 is 0 Å². The van der Waals surface area contributed by atoms with E-state index in [1.165, 1.54) is 40.8 Å². The van der Waals surface area contributed by atoms with E-state index < -0.39 is 12.4 Å². The number of hydrogen-bond acceptors (Lipinski definition) is 5. The number of aryl methyl sites for hydroxylation is 1. The van der Waals surface area contributed by atoms with Gasteiger partial charge in [-0.25, -0.2) is 14.5 Å². The lowest BCUT2D eigenvalue weighted by molar-refractivity contribution is -0.274. The van der Waals surface area contributed by atoms with Gasteiger partial charge in [-0.05, 0) is 74.2 Å². The van der Waals surface area contributed by atoms with Gasteiger partial charge in [0.1, 0.15) is 12.1 Å². The van der Waals surface area contributed by atoms with Crippen molar-refractivity contribution in [1.29, 1.82) is 0 Å². The van der Waals surface area contributed by atoms with Gasteiger partial charge < -0.3 is 15.0 Å². The number of amidine groups is 1. The average Bonchev–Trinajstić information content (AvgIpc) is 3.47. The van der Waals surface area contributed by atoms with Crippen molar-refractivity contribution < 1.29 is 22.7 Å². The summed E-state index contributed by atoms with van der Waals surface area (Å²) < 4.78 is 42.6. The van der Waals surface area contributed by atoms with Crippen molar-refractivity contribution in [3.05, 3.63) is 95.9 Å². The van der Waals surface area contributed by atoms with Crippen LogP contribution in [0.4, 0.5) is 23.7 Å². The van der Waals surface area contributed by atoms with E-state index in [1.54, 1.807) is 18.7 Å². The first-order valence-electron chi connectivity index (χ1n) is 14.1. The Bertz CT molecular complexity index is 1670. The van der Waals surface area contributed by atoms with Crippen LogP contribution in [0, 0.1) is 0 Å². The van der Waals surface area contributed by atoms with Crippen LogP contribution < -0.4 is 15.0 Å². The molecule has 5 rings (SSSR count). The molecular weight excluding hydrogens is 589 g/mol. The third-order valence-electron chi connectivity index (χ3n) is 6.93. The Balaban J connectivity index is 1.24. The van der Waals surface area contributed by atoms with Crippen LogP contribution in [-0.2, 0) is 6.42 Å². The molecule has 4 aromatic rings. The van der Waals surface area contributed by atoms with Crippen LogP contribution in [0.15, 0.2) is 89.8 Å². The number of para-hydroxylation sites is 1. The summed E-state index contributed by atoms with van der Waals surface area (Å²) in [5.41, 5.74) is 5.08. The minimum absolute atomic E-state index is 0.227. The fourth-order valence-corrected chi connectivity index (χ4v) is 6.00. The number of alkyl halides is 3. The van der Waals surface area contributed by atoms with Crippen LogP contribution in [-0.4, -0.2) is 44.1 Å². The lowest BCUT2D eigenvalue weighted by atomic mass is 10.1. The molecule has 1 unspecified atom stereocenters. The quantitative estimate of drug-likeness (QED) is 0.227. The van der Waals surface area contributed by atoms with Gasteiger partial charge in [0.25, 0.3) is 0 Å². The van der Waals surface area contributed by atoms with Crippen LogP contribution >= 0.6 is 11.8 Å². The maximum absolute atomic E-state index is 12.9. The maximum atomic E-state index is 12.9. The van der Waals surface area contributed by atoms with Crippen molar-refractivity contribution in [3.8, 4) is 22.8 Å². The number of carbonyl (C=O) groups is 1. The summed E-state index contributed by atoms with van der Waals surface area (Å²) in [5.74, 6) is 1.03. The predicted octanol–water partition coefficient (Wildman–Crippen LogP) is 7.85. The van der Waals surface area contributed by atoms with E-state index in [4.69, 9.17) is 0 Å². The number of rotatable bonds is 7. The Hall–Kier alpha value is -4.58. The summed E-state index contributed by atoms with van der Waals surface area (Å²) in [6, 6.07) is 20.8. The van der Waals surface area contributed by atoms with Gasteiger partial charge in [0, 0.05) is 28.7 Å². The molecule has 8 nitrogen and oxygen atoms in total. The predicted molar refractivity (Wildman–Crippen MR) is 168 cm³/mol. The molecule has 1 saturated heterocycles. The Morgan fingerprint density at radius 1 is 1.11 bits per heavy atom. The first kappa shape index (κ1) is 30.9. The van der Waals surface area contributed by atoms with Gasteiger partial charge in [-0.2, -0.15) is 4.99 Å². The molecule has 3 aromatic carbocycles. The number of aliphatic imine (C=N–C) groups is 1. The van der Waals surface area contributed by atoms with Gasteiger partial charge in [0.2, 0.25) is 0 Å². The SMILES string of the molecule is CCc1ccccc1N1/C(=N/C(=O)N/C(C)=C/c2ccc(-c3ncn(-c4ccc(OC(F)(F)F)cc4)n3)cc2)SCCC1C. The number of urea groups is 1. The molecular formula is C32H31F3N6O2S. The van der Waals surface area contributed by atoms with Gasteiger partial charge in [-0.15, -0.1) is 18.3 Å². The molecule has 0 saturated carbocycles. The molecule has 228 valence electrons. The molecule has 0 aliphatic carbocycles. The lowest BCUT2D eigenvalue weighted by Gasteiger charge is -2.36. The number of aromatic nitrogens is 3. The number of halogens is 3. The summed E-state index contributed by atoms with van der Waals surface area (Å²) in [6.45, 7) is 6.08. The number of ether oxygens (including phenoxy) is 1. The number of amides is 2. The van der Waals surface area contributed by atoms with Crippen molar-refractivity contribution in [2.45, 2.75) is 46.0 Å². The largest absolute Gasteiger partial charge is 0.573 e. The van der Waals surface area contributed by atoms with Crippen molar-refractivity contribution in [2.24, 2.45) is 4.99 Å². The topological polar surface area (TPSA) is 84.6 Å². The van der Waals surface area contributed by atoms with Gasteiger partial charge in [0.15, 0.2) is 11.0 Å². The fraction of sp³-hybridized carbons (Fsp3) is 0.250. The van der Waals surface area contributed by atoms with E-state index in [9.17, 15) is 18.0 Å². The molecule has 0 spiro atoms. The molecule has 1 N–H and O–H groups in total. The summed E-state index contributed by atoms with van der Waals surface area (Å²) in [6.07, 6.45) is 0.469. The summed E-state index contributed by atoms with van der Waals surface area (Å²) in [5, 5.41) is 8.00. The Morgan fingerprint density at radius 2 is 1.84 bits per heavy atom. The average molecular weight is 621 g/mol. The molecule has 1 aromatic heterocycles. The molecule has 1 aliphatic rings. The zero-order valence-corrected chi connectivity index (χ0v) is 25.2. The number of anilines is 1. The number of benzene rings is 3. The molecule has 12 heteroatoms. The highest BCUT2D eigenvalue weighted by Crippen LogP contribution is 2.32. The van der Waals surface area contributed by atoms with Crippen LogP contribution in [0.2, 0.25) is 0 Å². The molecule has 0 bridgehead atoms. The minimum Gasteiger partial charge on any atom is -0.406 e. The van der Waals surface area contributed by atoms with Crippen LogP contribution in [0.3, 0.4) is 0 Å². The second-order valence-corrected chi connectivity index (χ2v) is 11.2. The maximum Gasteiger partial charge on any atom is 0.573 e. The lowest BCUT2D eigenvalue weighted by Crippen LogP contribution is -2.42. The smallest absolute Gasteiger partial charge is 0.406 e. The zero-order valence-electron chi connectivity index (χ0n) is 24.4. The highest BCUT2D eigenvalue weighted by Gasteiger charge is 2.31. The Kier molecular flexibility index (Phi) is 9.38. The van der Waals surface area contributed by atoms with E-state index in [1.807, 2.05) is 42.5 Å². The summed E-state index contributed by atoms with van der Waals surface area (Å²) >= 11 is 1.59. The molecule has 1 aliphatic heterocycles. The normalized spacial score (nSPS) is 16.7. The minimum atomic E-state index is -4.75. The number of hydrogen-bond donors (Lipinski definition) is 1. The van der Waals surface area contributed by atoms with Gasteiger partial charge in [-0.3, -0.25) is 0 Å². The number of carbonyl (C=O) groups excluding carboxylic acids is 1. The Morgan fingerprint density at radius 3 is 2.55 bits per heavy atom. The number of nitrogens with zero attached hydrogens (tertiary/aromatic N) is 5. The van der Waals surface area contributed by atoms with Crippen LogP contribution in [0.5, 0.6) is 5.75 Å². The number of thioether (sulfide) groups is 1. The fourth-order valence-electron chi connectivity index (χ4n) is 4.80. The van der Waals surface area contributed by atoms with E-state index in [0.717, 1.165) is 35.4 Å². The van der Waals surface area contributed by atoms with Crippen molar-refractivity contribution in [2.75, 3.05) is 10.7 Å². The second-order valence-electron chi connectivity index (χ2n) is 10.2. The van der Waals surface area contributed by atoms with E-state index in [0.29, 0.717) is 22.4 Å². The highest BCUT2D eigenvalue weighted by atomic mass is 32.2. The molecule has 0 radical (unpaired) electrons. The third-order valence-corrected chi connectivity index (χ3v) is 7.91. The zero-order chi connectivity index (χ0) is 31.3. The first-order chi connectivity index (χ1) is 21.1. The summed E-state index contributed by atoms with van der Waals surface area (Å²) in [7, 11) is 0. The molecule has 1 fully saturated rings. The van der Waals surface area contributed by atoms with E-state index in [2.05, 4.69) is 56.0 Å².